The van der Waals surface area contributed by atoms with Gasteiger partial charge in [-0.2, -0.15) is 4.99 Å². The smallest absolute Gasteiger partial charge is 0.341 e. The molecule has 0 spiro atoms. The molecule has 1 aliphatic rings. The summed E-state index contributed by atoms with van der Waals surface area (Å²) in [6.45, 7) is 0. The predicted octanol–water partition coefficient (Wildman–Crippen LogP) is 2.77. The maximum atomic E-state index is 13.7. The molecule has 0 amide bonds. The molecule has 19 heavy (non-hydrogen) atoms. The SMILES string of the molecule is O=C=NC1(c2cc(F)c(C(=O)O)c(F)c2)CCCC1. The summed E-state index contributed by atoms with van der Waals surface area (Å²) in [7, 11) is 0. The van der Waals surface area contributed by atoms with Crippen molar-refractivity contribution in [2.75, 3.05) is 0 Å². The third kappa shape index (κ3) is 2.27. The summed E-state index contributed by atoms with van der Waals surface area (Å²) in [4.78, 5) is 24.9. The molecule has 1 fully saturated rings. The number of aliphatic imine (C=N–C) groups is 1. The molecule has 1 aromatic rings. The van der Waals surface area contributed by atoms with Crippen LogP contribution < -0.4 is 0 Å². The molecule has 0 unspecified atom stereocenters. The highest BCUT2D eigenvalue weighted by Gasteiger charge is 2.37. The molecule has 6 heteroatoms. The molecule has 0 atom stereocenters. The molecule has 0 bridgehead atoms. The molecule has 4 nitrogen and oxygen atoms in total. The number of carboxylic acids is 1. The Balaban J connectivity index is 2.57. The Morgan fingerprint density at radius 3 is 2.21 bits per heavy atom. The molecule has 100 valence electrons. The number of isocyanates is 1. The minimum Gasteiger partial charge on any atom is -0.477 e. The van der Waals surface area contributed by atoms with E-state index in [1.807, 2.05) is 0 Å². The average molecular weight is 267 g/mol. The Bertz CT molecular complexity index is 550. The number of halogens is 2. The summed E-state index contributed by atoms with van der Waals surface area (Å²) in [5.41, 5.74) is -1.78. The number of carboxylic acid groups (broad SMARTS) is 1. The van der Waals surface area contributed by atoms with Crippen molar-refractivity contribution in [3.8, 4) is 0 Å². The van der Waals surface area contributed by atoms with Crippen LogP contribution >= 0.6 is 0 Å². The van der Waals surface area contributed by atoms with E-state index in [4.69, 9.17) is 5.11 Å². The highest BCUT2D eigenvalue weighted by atomic mass is 19.1. The van der Waals surface area contributed by atoms with Gasteiger partial charge in [0.15, 0.2) is 0 Å². The van der Waals surface area contributed by atoms with E-state index < -0.39 is 28.7 Å². The summed E-state index contributed by atoms with van der Waals surface area (Å²) in [6.07, 6.45) is 4.00. The number of benzene rings is 1. The van der Waals surface area contributed by atoms with E-state index in [1.165, 1.54) is 6.08 Å². The van der Waals surface area contributed by atoms with Crippen molar-refractivity contribution in [2.45, 2.75) is 31.2 Å². The van der Waals surface area contributed by atoms with Crippen molar-refractivity contribution in [1.29, 1.82) is 0 Å². The second-order valence-electron chi connectivity index (χ2n) is 4.56. The fourth-order valence-corrected chi connectivity index (χ4v) is 2.56. The molecule has 0 aromatic heterocycles. The zero-order valence-corrected chi connectivity index (χ0v) is 9.95. The summed E-state index contributed by atoms with van der Waals surface area (Å²) in [5.74, 6) is -3.98. The van der Waals surface area contributed by atoms with Crippen molar-refractivity contribution in [3.05, 3.63) is 34.9 Å². The molecular formula is C13H11F2NO3. The topological polar surface area (TPSA) is 66.7 Å². The first-order valence-corrected chi connectivity index (χ1v) is 5.82. The van der Waals surface area contributed by atoms with E-state index >= 15 is 0 Å². The number of carbonyl (C=O) groups excluding carboxylic acids is 1. The Hall–Kier alpha value is -2.07. The molecule has 0 radical (unpaired) electrons. The van der Waals surface area contributed by atoms with Gasteiger partial charge in [0.25, 0.3) is 0 Å². The largest absolute Gasteiger partial charge is 0.477 e. The molecule has 1 aromatic carbocycles. The van der Waals surface area contributed by atoms with Crippen LogP contribution in [-0.2, 0) is 10.3 Å². The summed E-state index contributed by atoms with van der Waals surface area (Å²) in [6, 6.07) is 1.89. The predicted molar refractivity (Wildman–Crippen MR) is 61.6 cm³/mol. The van der Waals surface area contributed by atoms with Gasteiger partial charge in [0.1, 0.15) is 17.2 Å². The van der Waals surface area contributed by atoms with E-state index in [2.05, 4.69) is 4.99 Å². The average Bonchev–Trinajstić information content (AvgIpc) is 2.77. The molecule has 0 saturated heterocycles. The van der Waals surface area contributed by atoms with Crippen LogP contribution in [0, 0.1) is 11.6 Å². The van der Waals surface area contributed by atoms with Crippen LogP contribution in [0.3, 0.4) is 0 Å². The Morgan fingerprint density at radius 2 is 1.79 bits per heavy atom. The van der Waals surface area contributed by atoms with Gasteiger partial charge < -0.3 is 5.11 Å². The lowest BCUT2D eigenvalue weighted by atomic mass is 9.88. The van der Waals surface area contributed by atoms with Crippen LogP contribution in [0.25, 0.3) is 0 Å². The van der Waals surface area contributed by atoms with Crippen molar-refractivity contribution in [2.24, 2.45) is 4.99 Å². The monoisotopic (exact) mass is 267 g/mol. The van der Waals surface area contributed by atoms with Gasteiger partial charge in [-0.05, 0) is 30.5 Å². The lowest BCUT2D eigenvalue weighted by Gasteiger charge is -2.23. The maximum Gasteiger partial charge on any atom is 0.341 e. The number of nitrogens with zero attached hydrogens (tertiary/aromatic N) is 1. The highest BCUT2D eigenvalue weighted by Crippen LogP contribution is 2.42. The molecule has 1 aliphatic carbocycles. The quantitative estimate of drug-likeness (QED) is 0.676. The van der Waals surface area contributed by atoms with Crippen molar-refractivity contribution in [3.63, 3.8) is 0 Å². The van der Waals surface area contributed by atoms with Gasteiger partial charge in [-0.15, -0.1) is 0 Å². The fraction of sp³-hybridized carbons (Fsp3) is 0.385. The Labute approximate surface area is 107 Å². The van der Waals surface area contributed by atoms with Crippen LogP contribution in [0.4, 0.5) is 8.78 Å². The molecule has 2 rings (SSSR count). The maximum absolute atomic E-state index is 13.7. The lowest BCUT2D eigenvalue weighted by Crippen LogP contribution is -2.20. The second-order valence-corrected chi connectivity index (χ2v) is 4.56. The standard InChI is InChI=1S/C13H11F2NO3/c14-9-5-8(6-10(15)11(9)12(18)19)13(16-7-17)3-1-2-4-13/h5-6H,1-4H2,(H,18,19). The first kappa shape index (κ1) is 13.4. The number of carbonyl (C=O) groups is 1. The van der Waals surface area contributed by atoms with Gasteiger partial charge in [0.05, 0.1) is 5.54 Å². The summed E-state index contributed by atoms with van der Waals surface area (Å²) < 4.78 is 27.3. The number of hydrogen-bond donors (Lipinski definition) is 1. The van der Waals surface area contributed by atoms with Crippen LogP contribution in [-0.4, -0.2) is 17.2 Å². The summed E-state index contributed by atoms with van der Waals surface area (Å²) in [5, 5.41) is 8.70. The van der Waals surface area contributed by atoms with Crippen LogP contribution in [0.2, 0.25) is 0 Å². The summed E-state index contributed by atoms with van der Waals surface area (Å²) >= 11 is 0. The Kier molecular flexibility index (Phi) is 3.44. The molecule has 0 heterocycles. The van der Waals surface area contributed by atoms with Gasteiger partial charge in [-0.1, -0.05) is 12.8 Å². The van der Waals surface area contributed by atoms with Gasteiger partial charge in [-0.25, -0.2) is 18.4 Å². The van der Waals surface area contributed by atoms with Crippen LogP contribution in [0.1, 0.15) is 41.6 Å². The third-order valence-corrected chi connectivity index (χ3v) is 3.48. The normalized spacial score (nSPS) is 16.9. The minimum absolute atomic E-state index is 0.188. The van der Waals surface area contributed by atoms with Gasteiger partial charge in [0.2, 0.25) is 6.08 Å². The first-order valence-electron chi connectivity index (χ1n) is 5.82. The van der Waals surface area contributed by atoms with Gasteiger partial charge in [0, 0.05) is 0 Å². The molecule has 0 aliphatic heterocycles. The number of aromatic carboxylic acids is 1. The number of hydrogen-bond acceptors (Lipinski definition) is 3. The molecule has 1 saturated carbocycles. The minimum atomic E-state index is -1.67. The van der Waals surface area contributed by atoms with E-state index in [0.29, 0.717) is 12.8 Å². The Morgan fingerprint density at radius 1 is 1.26 bits per heavy atom. The zero-order chi connectivity index (χ0) is 14.0. The first-order chi connectivity index (χ1) is 9.00. The highest BCUT2D eigenvalue weighted by molar-refractivity contribution is 5.88. The van der Waals surface area contributed by atoms with E-state index in [1.54, 1.807) is 0 Å². The second kappa shape index (κ2) is 4.90. The molecule has 1 N–H and O–H groups in total. The van der Waals surface area contributed by atoms with Crippen molar-refractivity contribution in [1.82, 2.24) is 0 Å². The molecular weight excluding hydrogens is 256 g/mol. The third-order valence-electron chi connectivity index (χ3n) is 3.48. The van der Waals surface area contributed by atoms with Crippen molar-refractivity contribution >= 4 is 12.0 Å². The lowest BCUT2D eigenvalue weighted by molar-refractivity contribution is 0.0686. The van der Waals surface area contributed by atoms with Crippen molar-refractivity contribution < 1.29 is 23.5 Å². The number of rotatable bonds is 3. The van der Waals surface area contributed by atoms with Crippen LogP contribution in [0.5, 0.6) is 0 Å². The van der Waals surface area contributed by atoms with E-state index in [0.717, 1.165) is 25.0 Å². The fourth-order valence-electron chi connectivity index (χ4n) is 2.56. The van der Waals surface area contributed by atoms with Crippen LogP contribution in [0.15, 0.2) is 17.1 Å². The van der Waals surface area contributed by atoms with E-state index in [-0.39, 0.29) is 5.56 Å². The van der Waals surface area contributed by atoms with Gasteiger partial charge >= 0.3 is 5.97 Å². The zero-order valence-electron chi connectivity index (χ0n) is 9.95. The van der Waals surface area contributed by atoms with Gasteiger partial charge in [-0.3, -0.25) is 0 Å². The van der Waals surface area contributed by atoms with E-state index in [9.17, 15) is 18.4 Å².